The van der Waals surface area contributed by atoms with E-state index in [9.17, 15) is 0 Å². The SMILES string of the molecule is C=COCCCC(Cl)Cl. The molecule has 0 aromatic heterocycles. The molecule has 0 aliphatic heterocycles. The van der Waals surface area contributed by atoms with Crippen LogP contribution in [-0.2, 0) is 4.74 Å². The number of halogens is 2. The monoisotopic (exact) mass is 168 g/mol. The van der Waals surface area contributed by atoms with Crippen molar-refractivity contribution in [2.75, 3.05) is 6.61 Å². The highest BCUT2D eigenvalue weighted by Crippen LogP contribution is 2.08. The van der Waals surface area contributed by atoms with E-state index in [4.69, 9.17) is 27.9 Å². The molecule has 0 aliphatic carbocycles. The zero-order chi connectivity index (χ0) is 7.11. The van der Waals surface area contributed by atoms with Crippen LogP contribution in [0.25, 0.3) is 0 Å². The summed E-state index contributed by atoms with van der Waals surface area (Å²) in [7, 11) is 0. The second kappa shape index (κ2) is 6.24. The smallest absolute Gasteiger partial charge is 0.108 e. The molecule has 1 nitrogen and oxygen atoms in total. The Morgan fingerprint density at radius 2 is 2.22 bits per heavy atom. The number of rotatable bonds is 5. The molecular formula is C6H10Cl2O. The Hall–Kier alpha value is 0.120. The average Bonchev–Trinajstić information content (AvgIpc) is 1.80. The molecular weight excluding hydrogens is 159 g/mol. The van der Waals surface area contributed by atoms with Gasteiger partial charge >= 0.3 is 0 Å². The van der Waals surface area contributed by atoms with Crippen molar-refractivity contribution >= 4 is 23.2 Å². The van der Waals surface area contributed by atoms with Gasteiger partial charge in [-0.2, -0.15) is 0 Å². The zero-order valence-electron chi connectivity index (χ0n) is 5.15. The van der Waals surface area contributed by atoms with Crippen LogP contribution >= 0.6 is 23.2 Å². The molecule has 0 fully saturated rings. The lowest BCUT2D eigenvalue weighted by molar-refractivity contribution is 0.244. The summed E-state index contributed by atoms with van der Waals surface area (Å²) in [5, 5.41) is 0. The van der Waals surface area contributed by atoms with E-state index in [2.05, 4.69) is 6.58 Å². The maximum Gasteiger partial charge on any atom is 0.108 e. The predicted octanol–water partition coefficient (Wildman–Crippen LogP) is 2.73. The van der Waals surface area contributed by atoms with E-state index in [1.54, 1.807) is 0 Å². The van der Waals surface area contributed by atoms with Gasteiger partial charge in [0.15, 0.2) is 0 Å². The minimum atomic E-state index is -0.265. The number of ether oxygens (including phenoxy) is 1. The van der Waals surface area contributed by atoms with E-state index in [0.717, 1.165) is 12.8 Å². The Morgan fingerprint density at radius 3 is 2.67 bits per heavy atom. The van der Waals surface area contributed by atoms with Crippen LogP contribution in [0.2, 0.25) is 0 Å². The van der Waals surface area contributed by atoms with Crippen molar-refractivity contribution < 1.29 is 4.74 Å². The highest BCUT2D eigenvalue weighted by molar-refractivity contribution is 6.44. The number of hydrogen-bond acceptors (Lipinski definition) is 1. The molecule has 0 unspecified atom stereocenters. The first-order valence-electron chi connectivity index (χ1n) is 2.78. The zero-order valence-corrected chi connectivity index (χ0v) is 6.66. The third-order valence-electron chi connectivity index (χ3n) is 0.802. The summed E-state index contributed by atoms with van der Waals surface area (Å²) in [5.41, 5.74) is 0. The number of hydrogen-bond donors (Lipinski definition) is 0. The van der Waals surface area contributed by atoms with E-state index in [1.165, 1.54) is 6.26 Å². The van der Waals surface area contributed by atoms with Crippen molar-refractivity contribution in [2.24, 2.45) is 0 Å². The molecule has 0 spiro atoms. The maximum atomic E-state index is 5.44. The first kappa shape index (κ1) is 9.12. The van der Waals surface area contributed by atoms with E-state index in [0.29, 0.717) is 6.61 Å². The van der Waals surface area contributed by atoms with Crippen molar-refractivity contribution in [1.29, 1.82) is 0 Å². The van der Waals surface area contributed by atoms with Crippen LogP contribution in [0.5, 0.6) is 0 Å². The first-order valence-corrected chi connectivity index (χ1v) is 3.65. The van der Waals surface area contributed by atoms with Crippen LogP contribution in [-0.4, -0.2) is 11.4 Å². The van der Waals surface area contributed by atoms with Gasteiger partial charge in [0, 0.05) is 0 Å². The molecule has 0 bridgehead atoms. The van der Waals surface area contributed by atoms with Gasteiger partial charge in [-0.05, 0) is 12.8 Å². The molecule has 54 valence electrons. The Kier molecular flexibility index (Phi) is 6.33. The standard InChI is InChI=1S/C6H10Cl2O/c1-2-9-5-3-4-6(7)8/h2,6H,1,3-5H2. The lowest BCUT2D eigenvalue weighted by atomic mass is 10.4. The average molecular weight is 169 g/mol. The summed E-state index contributed by atoms with van der Waals surface area (Å²) in [6.07, 6.45) is 3.07. The molecule has 0 atom stereocenters. The minimum Gasteiger partial charge on any atom is -0.502 e. The minimum absolute atomic E-state index is 0.265. The predicted molar refractivity (Wildman–Crippen MR) is 40.9 cm³/mol. The molecule has 0 rings (SSSR count). The lowest BCUT2D eigenvalue weighted by Gasteiger charge is -1.99. The molecule has 0 N–H and O–H groups in total. The van der Waals surface area contributed by atoms with E-state index in [1.807, 2.05) is 0 Å². The van der Waals surface area contributed by atoms with Crippen molar-refractivity contribution in [3.05, 3.63) is 12.8 Å². The quantitative estimate of drug-likeness (QED) is 0.349. The third kappa shape index (κ3) is 8.12. The van der Waals surface area contributed by atoms with Crippen LogP contribution in [0.15, 0.2) is 12.8 Å². The van der Waals surface area contributed by atoms with Crippen molar-refractivity contribution in [2.45, 2.75) is 17.7 Å². The van der Waals surface area contributed by atoms with E-state index in [-0.39, 0.29) is 4.84 Å². The summed E-state index contributed by atoms with van der Waals surface area (Å²) < 4.78 is 4.83. The Labute approximate surface area is 65.6 Å². The largest absolute Gasteiger partial charge is 0.502 e. The van der Waals surface area contributed by atoms with Gasteiger partial charge in [0.05, 0.1) is 12.9 Å². The van der Waals surface area contributed by atoms with Crippen LogP contribution in [0.1, 0.15) is 12.8 Å². The van der Waals surface area contributed by atoms with E-state index >= 15 is 0 Å². The van der Waals surface area contributed by atoms with Crippen molar-refractivity contribution in [3.8, 4) is 0 Å². The summed E-state index contributed by atoms with van der Waals surface area (Å²) in [4.78, 5) is -0.265. The Morgan fingerprint density at radius 1 is 1.56 bits per heavy atom. The molecule has 0 aliphatic rings. The molecule has 0 heterocycles. The topological polar surface area (TPSA) is 9.23 Å². The Balaban J connectivity index is 2.82. The molecule has 0 radical (unpaired) electrons. The summed E-state index contributed by atoms with van der Waals surface area (Å²) in [5.74, 6) is 0. The molecule has 0 saturated carbocycles. The highest BCUT2D eigenvalue weighted by Gasteiger charge is 1.96. The molecule has 0 aromatic rings. The van der Waals surface area contributed by atoms with Gasteiger partial charge in [-0.3, -0.25) is 0 Å². The van der Waals surface area contributed by atoms with Gasteiger partial charge in [-0.1, -0.05) is 6.58 Å². The fourth-order valence-corrected chi connectivity index (χ4v) is 0.713. The van der Waals surface area contributed by atoms with Crippen LogP contribution in [0.4, 0.5) is 0 Å². The van der Waals surface area contributed by atoms with Crippen LogP contribution in [0.3, 0.4) is 0 Å². The molecule has 0 amide bonds. The summed E-state index contributed by atoms with van der Waals surface area (Å²) in [6, 6.07) is 0. The Bertz CT molecular complexity index is 73.5. The summed E-state index contributed by atoms with van der Waals surface area (Å²) in [6.45, 7) is 4.04. The fraction of sp³-hybridized carbons (Fsp3) is 0.667. The first-order chi connectivity index (χ1) is 4.27. The van der Waals surface area contributed by atoms with Crippen LogP contribution < -0.4 is 0 Å². The van der Waals surface area contributed by atoms with Gasteiger partial charge in [0.2, 0.25) is 0 Å². The van der Waals surface area contributed by atoms with Gasteiger partial charge in [0.1, 0.15) is 4.84 Å². The fourth-order valence-electron chi connectivity index (χ4n) is 0.404. The number of alkyl halides is 2. The third-order valence-corrected chi connectivity index (χ3v) is 1.24. The molecule has 3 heteroatoms. The van der Waals surface area contributed by atoms with Gasteiger partial charge in [-0.25, -0.2) is 0 Å². The van der Waals surface area contributed by atoms with E-state index < -0.39 is 0 Å². The van der Waals surface area contributed by atoms with Crippen molar-refractivity contribution in [3.63, 3.8) is 0 Å². The normalized spacial score (nSPS) is 9.67. The molecule has 0 aromatic carbocycles. The highest BCUT2D eigenvalue weighted by atomic mass is 35.5. The van der Waals surface area contributed by atoms with Gasteiger partial charge < -0.3 is 4.74 Å². The molecule has 0 saturated heterocycles. The maximum absolute atomic E-state index is 5.44. The lowest BCUT2D eigenvalue weighted by Crippen LogP contribution is -1.91. The second-order valence-electron chi connectivity index (χ2n) is 1.57. The van der Waals surface area contributed by atoms with Crippen LogP contribution in [0, 0.1) is 0 Å². The van der Waals surface area contributed by atoms with Gasteiger partial charge in [-0.15, -0.1) is 23.2 Å². The second-order valence-corrected chi connectivity index (χ2v) is 2.85. The van der Waals surface area contributed by atoms with Crippen molar-refractivity contribution in [1.82, 2.24) is 0 Å². The molecule has 9 heavy (non-hydrogen) atoms. The van der Waals surface area contributed by atoms with Gasteiger partial charge in [0.25, 0.3) is 0 Å². The summed E-state index contributed by atoms with van der Waals surface area (Å²) >= 11 is 10.9.